The maximum Gasteiger partial charge on any atom is 0.219 e. The van der Waals surface area contributed by atoms with Crippen LogP contribution in [0.1, 0.15) is 122 Å². The Morgan fingerprint density at radius 2 is 0.898 bits per heavy atom. The molecule has 1 amide bonds. The van der Waals surface area contributed by atoms with Crippen LogP contribution >= 0.6 is 0 Å². The Morgan fingerprint density at radius 1 is 0.508 bits per heavy atom. The number of β-amino-alcohol motifs (C(OH)–C–C–N with tert-alkyl or cyclic N) is 1. The highest BCUT2D eigenvalue weighted by molar-refractivity contribution is 5.73. The first kappa shape index (κ1) is 58.1. The van der Waals surface area contributed by atoms with Crippen molar-refractivity contribution in [3.8, 4) is 0 Å². The zero-order chi connectivity index (χ0) is 45.1. The molecule has 5 saturated heterocycles. The van der Waals surface area contributed by atoms with Crippen LogP contribution in [0.4, 0.5) is 0 Å². The Bertz CT molecular complexity index is 965. The van der Waals surface area contributed by atoms with Crippen molar-refractivity contribution >= 4 is 5.91 Å². The van der Waals surface area contributed by atoms with Crippen LogP contribution in [-0.2, 0) is 4.79 Å². The van der Waals surface area contributed by atoms with E-state index in [-0.39, 0.29) is 5.91 Å². The van der Waals surface area contributed by atoms with Crippen molar-refractivity contribution in [3.05, 3.63) is 0 Å². The summed E-state index contributed by atoms with van der Waals surface area (Å²) in [5, 5.41) is 25.3. The summed E-state index contributed by atoms with van der Waals surface area (Å²) in [5.41, 5.74) is 0. The van der Waals surface area contributed by atoms with Gasteiger partial charge in [0.25, 0.3) is 0 Å². The Morgan fingerprint density at radius 3 is 1.19 bits per heavy atom. The van der Waals surface area contributed by atoms with Gasteiger partial charge in [0.05, 0.1) is 6.61 Å². The van der Waals surface area contributed by atoms with Crippen molar-refractivity contribution < 1.29 is 20.1 Å². The zero-order valence-electron chi connectivity index (χ0n) is 41.7. The summed E-state index contributed by atoms with van der Waals surface area (Å²) in [6.45, 7) is 45.9. The summed E-state index contributed by atoms with van der Waals surface area (Å²) < 4.78 is 0. The summed E-state index contributed by atoms with van der Waals surface area (Å²) in [5.74, 6) is 1.60. The Labute approximate surface area is 366 Å². The van der Waals surface area contributed by atoms with Crippen molar-refractivity contribution in [1.29, 1.82) is 0 Å². The second-order valence-corrected chi connectivity index (χ2v) is 19.5. The number of aliphatic hydroxyl groups excluding tert-OH is 3. The van der Waals surface area contributed by atoms with E-state index in [1.165, 1.54) is 52.1 Å². The monoisotopic (exact) mass is 843 g/mol. The highest BCUT2D eigenvalue weighted by Gasteiger charge is 2.37. The lowest BCUT2D eigenvalue weighted by Gasteiger charge is -2.40. The molecule has 0 aliphatic carbocycles. The molecule has 0 aromatic rings. The third-order valence-electron chi connectivity index (χ3n) is 12.6. The quantitative estimate of drug-likeness (QED) is 0.267. The van der Waals surface area contributed by atoms with Crippen molar-refractivity contribution in [1.82, 2.24) is 39.2 Å². The first-order chi connectivity index (χ1) is 27.8. The van der Waals surface area contributed by atoms with Gasteiger partial charge in [-0.05, 0) is 113 Å². The van der Waals surface area contributed by atoms with E-state index < -0.39 is 0 Å². The van der Waals surface area contributed by atoms with Gasteiger partial charge in [-0.15, -0.1) is 0 Å². The van der Waals surface area contributed by atoms with Crippen molar-refractivity contribution in [2.45, 2.75) is 158 Å². The van der Waals surface area contributed by atoms with Gasteiger partial charge >= 0.3 is 0 Å². The minimum Gasteiger partial charge on any atom is -0.396 e. The normalized spacial score (nSPS) is 22.6. The molecule has 5 rings (SSSR count). The predicted octanol–water partition coefficient (Wildman–Crippen LogP) is 4.82. The van der Waals surface area contributed by atoms with E-state index >= 15 is 0 Å². The molecule has 2 bridgehead atoms. The van der Waals surface area contributed by atoms with Gasteiger partial charge in [-0.25, -0.2) is 0 Å². The third-order valence-corrected chi connectivity index (χ3v) is 12.6. The van der Waals surface area contributed by atoms with Gasteiger partial charge in [0, 0.05) is 155 Å². The molecule has 59 heavy (non-hydrogen) atoms. The lowest BCUT2D eigenvalue weighted by molar-refractivity contribution is -0.130. The average molecular weight is 843 g/mol. The number of amides is 1. The van der Waals surface area contributed by atoms with Gasteiger partial charge in [0.1, 0.15) is 0 Å². The van der Waals surface area contributed by atoms with Crippen LogP contribution in [0.5, 0.6) is 0 Å². The fourth-order valence-corrected chi connectivity index (χ4v) is 7.86. The minimum absolute atomic E-state index is 0.207. The van der Waals surface area contributed by atoms with Gasteiger partial charge < -0.3 is 25.1 Å². The zero-order valence-corrected chi connectivity index (χ0v) is 41.7. The molecule has 0 saturated carbocycles. The summed E-state index contributed by atoms with van der Waals surface area (Å²) in [6, 6.07) is 4.45. The molecule has 12 heteroatoms. The summed E-state index contributed by atoms with van der Waals surface area (Å²) >= 11 is 0. The van der Waals surface area contributed by atoms with Crippen molar-refractivity contribution in [2.75, 3.05) is 132 Å². The van der Waals surface area contributed by atoms with Crippen LogP contribution in [0.25, 0.3) is 0 Å². The second-order valence-electron chi connectivity index (χ2n) is 19.5. The maximum absolute atomic E-state index is 11.0. The minimum atomic E-state index is 0.207. The van der Waals surface area contributed by atoms with E-state index in [1.807, 2.05) is 4.90 Å². The SMILES string of the molecule is CC(=O)N1CCN(C(C)C)CC1.CC(C)CCCO.CC(C)CCO.CC(C)N1CC2CCC(C1)N2C.CC(C)N1CCN(C)CC1.CC(C)N1CCN(CCO)CC1. The number of rotatable bonds is 11. The van der Waals surface area contributed by atoms with Crippen molar-refractivity contribution in [3.63, 3.8) is 0 Å². The summed E-state index contributed by atoms with van der Waals surface area (Å²) in [6.07, 6.45) is 5.88. The predicted molar refractivity (Wildman–Crippen MR) is 252 cm³/mol. The van der Waals surface area contributed by atoms with Crippen LogP contribution in [0.15, 0.2) is 0 Å². The number of fused-ring (bicyclic) bond motifs is 2. The standard InChI is InChI=1S/C10H20N2.C9H18N2O.C9H20N2O.C8H18N2.C6H14O.C5H12O/c1-8(2)12-6-9-4-5-10(7-12)11(9)3;1-8(2)10-4-6-11(7-5-10)9(3)12;1-9(2)11-5-3-10(4-6-11)7-8-12;1-8(2)10-6-4-9(3)5-7-10;1-6(2)4-3-5-7;1-5(2)3-4-6/h8-10H,4-7H2,1-3H3;8H,4-7H2,1-3H3;9,12H,3-8H2,1-2H3;8H,4-7H2,1-3H3;6-7H,3-5H2,1-2H3;5-6H,3-4H2,1-2H3. The van der Waals surface area contributed by atoms with Gasteiger partial charge in [0.15, 0.2) is 0 Å². The van der Waals surface area contributed by atoms with Crippen LogP contribution in [0, 0.1) is 11.8 Å². The Hall–Kier alpha value is -0.930. The van der Waals surface area contributed by atoms with E-state index in [1.54, 1.807) is 6.92 Å². The number of likely N-dealkylation sites (N-methyl/N-ethyl adjacent to an activating group) is 2. The Balaban J connectivity index is 0.000000697. The summed E-state index contributed by atoms with van der Waals surface area (Å²) in [7, 11) is 4.48. The molecule has 5 aliphatic heterocycles. The topological polar surface area (TPSA) is 104 Å². The first-order valence-electron chi connectivity index (χ1n) is 23.9. The van der Waals surface area contributed by atoms with Crippen LogP contribution in [0.3, 0.4) is 0 Å². The molecule has 3 N–H and O–H groups in total. The van der Waals surface area contributed by atoms with Crippen LogP contribution in [0.2, 0.25) is 0 Å². The van der Waals surface area contributed by atoms with Crippen LogP contribution < -0.4 is 0 Å². The molecule has 2 unspecified atom stereocenters. The molecule has 354 valence electrons. The number of carbonyl (C=O) groups is 1. The van der Waals surface area contributed by atoms with Gasteiger partial charge in [0.2, 0.25) is 5.91 Å². The molecule has 5 fully saturated rings. The fourth-order valence-electron chi connectivity index (χ4n) is 7.86. The lowest BCUT2D eigenvalue weighted by atomic mass is 10.1. The number of hydrogen-bond donors (Lipinski definition) is 3. The third kappa shape index (κ3) is 27.0. The molecular formula is C47H102N8O4. The van der Waals surface area contributed by atoms with Gasteiger partial charge in [-0.2, -0.15) is 0 Å². The van der Waals surface area contributed by atoms with Crippen molar-refractivity contribution in [2.24, 2.45) is 11.8 Å². The first-order valence-corrected chi connectivity index (χ1v) is 23.9. The maximum atomic E-state index is 11.0. The molecule has 2 atom stereocenters. The van der Waals surface area contributed by atoms with E-state index in [4.69, 9.17) is 15.3 Å². The smallest absolute Gasteiger partial charge is 0.219 e. The number of carbonyl (C=O) groups excluding carboxylic acids is 1. The molecule has 5 aliphatic rings. The van der Waals surface area contributed by atoms with Gasteiger partial charge in [-0.1, -0.05) is 27.7 Å². The largest absolute Gasteiger partial charge is 0.396 e. The molecule has 5 heterocycles. The molecule has 0 aromatic carbocycles. The molecule has 0 aromatic heterocycles. The average Bonchev–Trinajstić information content (AvgIpc) is 3.36. The fraction of sp³-hybridized carbons (Fsp3) is 0.979. The van der Waals surface area contributed by atoms with E-state index in [0.29, 0.717) is 37.8 Å². The Kier molecular flexibility index (Phi) is 33.1. The van der Waals surface area contributed by atoms with Gasteiger partial charge in [-0.3, -0.25) is 34.2 Å². The number of nitrogens with zero attached hydrogens (tertiary/aromatic N) is 8. The lowest BCUT2D eigenvalue weighted by Crippen LogP contribution is -2.53. The number of hydrogen-bond acceptors (Lipinski definition) is 11. The van der Waals surface area contributed by atoms with Crippen LogP contribution in [-0.4, -0.2) is 229 Å². The number of likely N-dealkylation sites (tertiary alicyclic amines) is 1. The highest BCUT2D eigenvalue weighted by Crippen LogP contribution is 2.29. The molecule has 12 nitrogen and oxygen atoms in total. The second kappa shape index (κ2) is 33.6. The summed E-state index contributed by atoms with van der Waals surface area (Å²) in [4.78, 5) is 30.2. The van der Waals surface area contributed by atoms with E-state index in [0.717, 1.165) is 108 Å². The molecular weight excluding hydrogens is 741 g/mol. The number of aliphatic hydroxyl groups is 3. The molecule has 0 spiro atoms. The molecule has 0 radical (unpaired) electrons. The van der Waals surface area contributed by atoms with E-state index in [2.05, 4.69) is 131 Å². The van der Waals surface area contributed by atoms with E-state index in [9.17, 15) is 4.79 Å². The number of piperazine rings is 4. The highest BCUT2D eigenvalue weighted by atomic mass is 16.3.